The molecule has 1 heterocycles. The number of nitrogens with two attached hydrogens (primary N) is 1. The second-order valence-electron chi connectivity index (χ2n) is 11.5. The standard InChI is InChI=1S/C31H53N3O2S/c1-23(2)10-7-11-24(3)12-8-13-25(4)14-9-15-26(5)18-19-37-22-28(29(35)20-30(32)36)34-31-17-16-27(6)21-33-31/h16-18,21,23-25,28H,7-15,19-20,22H2,1-6H3,(H2,32,36)(H,33,34). The summed E-state index contributed by atoms with van der Waals surface area (Å²) >= 11 is 1.69. The molecule has 1 amide bonds. The Morgan fingerprint density at radius 2 is 1.62 bits per heavy atom. The normalized spacial score (nSPS) is 14.4. The van der Waals surface area contributed by atoms with Crippen molar-refractivity contribution in [3.63, 3.8) is 0 Å². The van der Waals surface area contributed by atoms with Gasteiger partial charge >= 0.3 is 0 Å². The van der Waals surface area contributed by atoms with Crippen molar-refractivity contribution in [2.45, 2.75) is 112 Å². The van der Waals surface area contributed by atoms with Gasteiger partial charge in [-0.3, -0.25) is 9.59 Å². The minimum atomic E-state index is -0.597. The smallest absolute Gasteiger partial charge is 0.224 e. The summed E-state index contributed by atoms with van der Waals surface area (Å²) in [6.07, 6.45) is 15.6. The number of carbonyl (C=O) groups is 2. The van der Waals surface area contributed by atoms with Crippen LogP contribution >= 0.6 is 11.8 Å². The van der Waals surface area contributed by atoms with E-state index in [2.05, 4.69) is 51.0 Å². The third kappa shape index (κ3) is 17.3. The van der Waals surface area contributed by atoms with Crippen molar-refractivity contribution in [1.29, 1.82) is 0 Å². The third-order valence-corrected chi connectivity index (χ3v) is 7.92. The Morgan fingerprint density at radius 3 is 2.19 bits per heavy atom. The number of Topliss-reactive ketones (excluding diaryl/α,β-unsaturated/α-hetero) is 1. The quantitative estimate of drug-likeness (QED) is 0.0963. The molecule has 1 rings (SSSR count). The number of pyridine rings is 1. The van der Waals surface area contributed by atoms with Gasteiger partial charge in [0.15, 0.2) is 5.78 Å². The maximum absolute atomic E-state index is 12.5. The van der Waals surface area contributed by atoms with E-state index in [-0.39, 0.29) is 12.2 Å². The summed E-state index contributed by atoms with van der Waals surface area (Å²) in [6.45, 7) is 13.6. The molecule has 210 valence electrons. The summed E-state index contributed by atoms with van der Waals surface area (Å²) in [7, 11) is 0. The van der Waals surface area contributed by atoms with E-state index in [9.17, 15) is 9.59 Å². The van der Waals surface area contributed by atoms with Crippen LogP contribution < -0.4 is 11.1 Å². The average Bonchev–Trinajstić information content (AvgIpc) is 2.81. The van der Waals surface area contributed by atoms with E-state index in [4.69, 9.17) is 5.73 Å². The van der Waals surface area contributed by atoms with E-state index in [0.29, 0.717) is 11.6 Å². The Labute approximate surface area is 231 Å². The molecule has 0 aliphatic rings. The summed E-state index contributed by atoms with van der Waals surface area (Å²) in [5, 5.41) is 3.17. The van der Waals surface area contributed by atoms with Crippen molar-refractivity contribution in [3.8, 4) is 0 Å². The fourth-order valence-electron chi connectivity index (χ4n) is 4.44. The zero-order valence-electron chi connectivity index (χ0n) is 24.4. The first-order valence-corrected chi connectivity index (χ1v) is 15.5. The van der Waals surface area contributed by atoms with Gasteiger partial charge in [-0.1, -0.05) is 90.4 Å². The summed E-state index contributed by atoms with van der Waals surface area (Å²) in [5.74, 6) is 3.75. The van der Waals surface area contributed by atoms with Crippen molar-refractivity contribution in [2.24, 2.45) is 23.5 Å². The van der Waals surface area contributed by atoms with Gasteiger partial charge in [0.1, 0.15) is 5.82 Å². The van der Waals surface area contributed by atoms with E-state index in [1.54, 1.807) is 18.0 Å². The van der Waals surface area contributed by atoms with Crippen molar-refractivity contribution in [1.82, 2.24) is 4.98 Å². The lowest BCUT2D eigenvalue weighted by molar-refractivity contribution is -0.126. The number of aromatic nitrogens is 1. The molecule has 5 nitrogen and oxygen atoms in total. The molecule has 3 unspecified atom stereocenters. The Kier molecular flexibility index (Phi) is 17.3. The third-order valence-electron chi connectivity index (χ3n) is 6.95. The number of anilines is 1. The van der Waals surface area contributed by atoms with Gasteiger partial charge in [0, 0.05) is 17.7 Å². The van der Waals surface area contributed by atoms with E-state index in [1.165, 1.54) is 56.9 Å². The number of aryl methyl sites for hydroxylation is 1. The predicted molar refractivity (Wildman–Crippen MR) is 161 cm³/mol. The number of amides is 1. The molecule has 0 saturated carbocycles. The molecular formula is C31H53N3O2S. The molecule has 0 fully saturated rings. The first kappa shape index (κ1) is 33.2. The molecule has 0 aliphatic heterocycles. The summed E-state index contributed by atoms with van der Waals surface area (Å²) in [6, 6.07) is 3.31. The van der Waals surface area contributed by atoms with Gasteiger partial charge in [0.25, 0.3) is 0 Å². The van der Waals surface area contributed by atoms with Crippen LogP contribution in [0, 0.1) is 24.7 Å². The van der Waals surface area contributed by atoms with Crippen LogP contribution in [0.2, 0.25) is 0 Å². The van der Waals surface area contributed by atoms with E-state index >= 15 is 0 Å². The van der Waals surface area contributed by atoms with Gasteiger partial charge in [0.05, 0.1) is 12.5 Å². The van der Waals surface area contributed by atoms with Gasteiger partial charge in [0.2, 0.25) is 5.91 Å². The zero-order valence-corrected chi connectivity index (χ0v) is 25.2. The molecule has 1 aromatic heterocycles. The second-order valence-corrected chi connectivity index (χ2v) is 12.5. The zero-order chi connectivity index (χ0) is 27.6. The van der Waals surface area contributed by atoms with Crippen molar-refractivity contribution in [3.05, 3.63) is 35.5 Å². The van der Waals surface area contributed by atoms with Crippen molar-refractivity contribution in [2.75, 3.05) is 16.8 Å². The lowest BCUT2D eigenvalue weighted by atomic mass is 9.91. The molecule has 0 bridgehead atoms. The molecule has 3 atom stereocenters. The maximum atomic E-state index is 12.5. The molecular weight excluding hydrogens is 478 g/mol. The van der Waals surface area contributed by atoms with Crippen LogP contribution in [-0.4, -0.2) is 34.2 Å². The van der Waals surface area contributed by atoms with Crippen LogP contribution in [0.15, 0.2) is 30.0 Å². The molecule has 37 heavy (non-hydrogen) atoms. The molecule has 0 aromatic carbocycles. The predicted octanol–water partition coefficient (Wildman–Crippen LogP) is 7.73. The van der Waals surface area contributed by atoms with Crippen LogP contribution in [0.4, 0.5) is 5.82 Å². The largest absolute Gasteiger partial charge is 0.369 e. The van der Waals surface area contributed by atoms with Gasteiger partial charge in [-0.05, 0) is 56.1 Å². The average molecular weight is 532 g/mol. The molecule has 1 aromatic rings. The number of carbonyl (C=O) groups excluding carboxylic acids is 2. The van der Waals surface area contributed by atoms with Crippen LogP contribution in [0.5, 0.6) is 0 Å². The molecule has 3 N–H and O–H groups in total. The topological polar surface area (TPSA) is 85.1 Å². The number of hydrogen-bond acceptors (Lipinski definition) is 5. The monoisotopic (exact) mass is 531 g/mol. The fourth-order valence-corrected chi connectivity index (χ4v) is 5.48. The molecule has 0 radical (unpaired) electrons. The van der Waals surface area contributed by atoms with E-state index in [0.717, 1.165) is 35.5 Å². The number of hydrogen-bond donors (Lipinski definition) is 2. The Morgan fingerprint density at radius 1 is 1.00 bits per heavy atom. The van der Waals surface area contributed by atoms with Crippen molar-refractivity contribution < 1.29 is 9.59 Å². The molecule has 0 saturated heterocycles. The van der Waals surface area contributed by atoms with Gasteiger partial charge in [-0.2, -0.15) is 11.8 Å². The lowest BCUT2D eigenvalue weighted by Gasteiger charge is -2.17. The minimum Gasteiger partial charge on any atom is -0.369 e. The Bertz CT molecular complexity index is 807. The highest BCUT2D eigenvalue weighted by molar-refractivity contribution is 7.99. The van der Waals surface area contributed by atoms with E-state index in [1.807, 2.05) is 19.1 Å². The number of allylic oxidation sites excluding steroid dienone is 1. The number of rotatable bonds is 21. The van der Waals surface area contributed by atoms with Crippen LogP contribution in [-0.2, 0) is 9.59 Å². The summed E-state index contributed by atoms with van der Waals surface area (Å²) in [5.41, 5.74) is 7.72. The molecule has 6 heteroatoms. The number of nitrogens with zero attached hydrogens (tertiary/aromatic N) is 1. The maximum Gasteiger partial charge on any atom is 0.224 e. The fraction of sp³-hybridized carbons (Fsp3) is 0.710. The highest BCUT2D eigenvalue weighted by Crippen LogP contribution is 2.22. The number of primary amides is 1. The van der Waals surface area contributed by atoms with Crippen molar-refractivity contribution >= 4 is 29.3 Å². The number of thioether (sulfide) groups is 1. The minimum absolute atomic E-state index is 0.193. The van der Waals surface area contributed by atoms with Crippen LogP contribution in [0.3, 0.4) is 0 Å². The highest BCUT2D eigenvalue weighted by Gasteiger charge is 2.20. The number of nitrogens with one attached hydrogen (secondary N) is 1. The highest BCUT2D eigenvalue weighted by atomic mass is 32.2. The Balaban J connectivity index is 2.30. The summed E-state index contributed by atoms with van der Waals surface area (Å²) < 4.78 is 0. The SMILES string of the molecule is CC(=CCSCC(Nc1ccc(C)cn1)C(=O)CC(N)=O)CCCC(C)CCCC(C)CCCC(C)C. The first-order valence-electron chi connectivity index (χ1n) is 14.3. The number of ketones is 1. The van der Waals surface area contributed by atoms with Crippen LogP contribution in [0.25, 0.3) is 0 Å². The molecule has 0 spiro atoms. The summed E-state index contributed by atoms with van der Waals surface area (Å²) in [4.78, 5) is 28.1. The van der Waals surface area contributed by atoms with Gasteiger partial charge < -0.3 is 11.1 Å². The second kappa shape index (κ2) is 19.3. The van der Waals surface area contributed by atoms with E-state index < -0.39 is 11.9 Å². The van der Waals surface area contributed by atoms with Gasteiger partial charge in [-0.15, -0.1) is 0 Å². The first-order chi connectivity index (χ1) is 17.6. The molecule has 0 aliphatic carbocycles. The Hall–Kier alpha value is -1.82. The lowest BCUT2D eigenvalue weighted by Crippen LogP contribution is -2.35. The van der Waals surface area contributed by atoms with Gasteiger partial charge in [-0.25, -0.2) is 4.98 Å². The van der Waals surface area contributed by atoms with Crippen LogP contribution in [0.1, 0.15) is 104 Å².